The molecule has 102 valence electrons. The summed E-state index contributed by atoms with van der Waals surface area (Å²) in [6, 6.07) is 0.198. The number of carbonyl (C=O) groups is 1. The van der Waals surface area contributed by atoms with E-state index in [1.54, 1.807) is 10.7 Å². The molecule has 2 aromatic rings. The first-order valence-corrected chi connectivity index (χ1v) is 7.33. The van der Waals surface area contributed by atoms with Crippen LogP contribution in [0.3, 0.4) is 0 Å². The molecule has 0 spiro atoms. The predicted molar refractivity (Wildman–Crippen MR) is 75.3 cm³/mol. The van der Waals surface area contributed by atoms with Gasteiger partial charge in [-0.15, -0.1) is 11.3 Å². The van der Waals surface area contributed by atoms with E-state index in [0.29, 0.717) is 18.0 Å². The van der Waals surface area contributed by atoms with Crippen molar-refractivity contribution in [1.82, 2.24) is 14.9 Å². The second kappa shape index (κ2) is 4.31. The zero-order chi connectivity index (χ0) is 13.6. The molecule has 1 aliphatic rings. The van der Waals surface area contributed by atoms with E-state index in [1.807, 2.05) is 11.6 Å². The number of hydrogen-bond donors (Lipinski definition) is 2. The highest BCUT2D eigenvalue weighted by Gasteiger charge is 2.47. The molecule has 2 aromatic heterocycles. The Balaban J connectivity index is 1.75. The molecule has 1 fully saturated rings. The molecule has 6 heteroatoms. The number of nitrogens with zero attached hydrogens (tertiary/aromatic N) is 2. The normalized spacial score (nSPS) is 25.2. The van der Waals surface area contributed by atoms with Crippen LogP contribution < -0.4 is 11.1 Å². The summed E-state index contributed by atoms with van der Waals surface area (Å²) in [5.41, 5.74) is 6.46. The van der Waals surface area contributed by atoms with Gasteiger partial charge in [0.1, 0.15) is 4.83 Å². The van der Waals surface area contributed by atoms with E-state index >= 15 is 0 Å². The summed E-state index contributed by atoms with van der Waals surface area (Å²) < 4.78 is 1.73. The number of nitrogens with one attached hydrogen (secondary N) is 1. The van der Waals surface area contributed by atoms with Crippen molar-refractivity contribution in [3.63, 3.8) is 0 Å². The van der Waals surface area contributed by atoms with E-state index in [4.69, 9.17) is 5.73 Å². The first kappa shape index (κ1) is 12.6. The molecule has 19 heavy (non-hydrogen) atoms. The van der Waals surface area contributed by atoms with Crippen LogP contribution in [0.4, 0.5) is 0 Å². The molecule has 2 atom stereocenters. The van der Waals surface area contributed by atoms with E-state index in [0.717, 1.165) is 11.3 Å². The second-order valence-corrected chi connectivity index (χ2v) is 6.62. The van der Waals surface area contributed by atoms with E-state index < -0.39 is 0 Å². The zero-order valence-electron chi connectivity index (χ0n) is 11.1. The molecule has 0 radical (unpaired) electrons. The molecule has 1 amide bonds. The van der Waals surface area contributed by atoms with Gasteiger partial charge in [0.05, 0.1) is 11.8 Å². The van der Waals surface area contributed by atoms with Crippen molar-refractivity contribution in [2.75, 3.05) is 6.54 Å². The fraction of sp³-hybridized carbons (Fsp3) is 0.538. The van der Waals surface area contributed by atoms with Gasteiger partial charge in [-0.1, -0.05) is 13.8 Å². The summed E-state index contributed by atoms with van der Waals surface area (Å²) in [6.07, 6.45) is 4.45. The van der Waals surface area contributed by atoms with Crippen LogP contribution in [0.5, 0.6) is 0 Å². The van der Waals surface area contributed by atoms with Crippen molar-refractivity contribution < 1.29 is 4.79 Å². The van der Waals surface area contributed by atoms with Crippen LogP contribution in [0.15, 0.2) is 17.8 Å². The molecule has 0 bridgehead atoms. The molecule has 5 nitrogen and oxygen atoms in total. The standard InChI is InChI=1S/C13H18N4OS/c1-13(2)8(6-14)5-10(13)16-11(18)9-7-15-17-3-4-19-12(9)17/h3-4,7-8,10H,5-6,14H2,1-2H3,(H,16,18). The number of carbonyl (C=O) groups excluding carboxylic acids is 1. The highest BCUT2D eigenvalue weighted by molar-refractivity contribution is 7.15. The van der Waals surface area contributed by atoms with Crippen LogP contribution in [0.1, 0.15) is 30.6 Å². The number of amides is 1. The topological polar surface area (TPSA) is 72.4 Å². The van der Waals surface area contributed by atoms with Gasteiger partial charge in [0.15, 0.2) is 0 Å². The summed E-state index contributed by atoms with van der Waals surface area (Å²) in [5.74, 6) is 0.456. The van der Waals surface area contributed by atoms with Crippen LogP contribution in [0.25, 0.3) is 4.83 Å². The second-order valence-electron chi connectivity index (χ2n) is 5.73. The molecule has 0 aromatic carbocycles. The van der Waals surface area contributed by atoms with Gasteiger partial charge >= 0.3 is 0 Å². The number of hydrogen-bond acceptors (Lipinski definition) is 4. The van der Waals surface area contributed by atoms with Crippen LogP contribution >= 0.6 is 11.3 Å². The fourth-order valence-electron chi connectivity index (χ4n) is 2.78. The van der Waals surface area contributed by atoms with Crippen molar-refractivity contribution in [2.24, 2.45) is 17.1 Å². The molecule has 1 aliphatic carbocycles. The Morgan fingerprint density at radius 1 is 1.68 bits per heavy atom. The van der Waals surface area contributed by atoms with Crippen LogP contribution in [0, 0.1) is 11.3 Å². The molecule has 3 rings (SSSR count). The number of thiazole rings is 1. The highest BCUT2D eigenvalue weighted by atomic mass is 32.1. The summed E-state index contributed by atoms with van der Waals surface area (Å²) in [7, 11) is 0. The van der Waals surface area contributed by atoms with Crippen LogP contribution in [-0.4, -0.2) is 28.1 Å². The third-order valence-corrected chi connectivity index (χ3v) is 5.32. The maximum atomic E-state index is 12.3. The minimum atomic E-state index is -0.0361. The van der Waals surface area contributed by atoms with Gasteiger partial charge in [-0.2, -0.15) is 5.10 Å². The van der Waals surface area contributed by atoms with Crippen molar-refractivity contribution in [3.05, 3.63) is 23.3 Å². The third-order valence-electron chi connectivity index (χ3n) is 4.44. The minimum Gasteiger partial charge on any atom is -0.349 e. The van der Waals surface area contributed by atoms with Crippen molar-refractivity contribution >= 4 is 22.1 Å². The van der Waals surface area contributed by atoms with Gasteiger partial charge in [0.2, 0.25) is 0 Å². The highest BCUT2D eigenvalue weighted by Crippen LogP contribution is 2.45. The Morgan fingerprint density at radius 3 is 3.16 bits per heavy atom. The molecule has 2 unspecified atom stereocenters. The maximum absolute atomic E-state index is 12.3. The Hall–Kier alpha value is -1.40. The quantitative estimate of drug-likeness (QED) is 0.893. The van der Waals surface area contributed by atoms with Crippen LogP contribution in [-0.2, 0) is 0 Å². The van der Waals surface area contributed by atoms with E-state index in [1.165, 1.54) is 11.3 Å². The zero-order valence-corrected chi connectivity index (χ0v) is 11.9. The molecule has 0 saturated heterocycles. The molecule has 2 heterocycles. The van der Waals surface area contributed by atoms with Crippen molar-refractivity contribution in [3.8, 4) is 0 Å². The number of fused-ring (bicyclic) bond motifs is 1. The SMILES string of the molecule is CC1(C)C(CN)CC1NC(=O)c1cnn2ccsc12. The number of aromatic nitrogens is 2. The summed E-state index contributed by atoms with van der Waals surface area (Å²) >= 11 is 1.53. The average Bonchev–Trinajstić information content (AvgIpc) is 2.95. The van der Waals surface area contributed by atoms with E-state index in [-0.39, 0.29) is 17.4 Å². The molecular formula is C13H18N4OS. The van der Waals surface area contributed by atoms with E-state index in [2.05, 4.69) is 24.3 Å². The van der Waals surface area contributed by atoms with Crippen molar-refractivity contribution in [1.29, 1.82) is 0 Å². The molecular weight excluding hydrogens is 260 g/mol. The van der Waals surface area contributed by atoms with Crippen molar-refractivity contribution in [2.45, 2.75) is 26.3 Å². The summed E-state index contributed by atoms with van der Waals surface area (Å²) in [4.78, 5) is 13.2. The largest absolute Gasteiger partial charge is 0.349 e. The lowest BCUT2D eigenvalue weighted by Crippen LogP contribution is -2.60. The average molecular weight is 278 g/mol. The maximum Gasteiger partial charge on any atom is 0.256 e. The van der Waals surface area contributed by atoms with Gasteiger partial charge in [-0.25, -0.2) is 4.52 Å². The third kappa shape index (κ3) is 1.86. The predicted octanol–water partition coefficient (Wildman–Crippen LogP) is 1.50. The molecule has 1 saturated carbocycles. The lowest BCUT2D eigenvalue weighted by Gasteiger charge is -2.52. The minimum absolute atomic E-state index is 0.0361. The number of rotatable bonds is 3. The van der Waals surface area contributed by atoms with Gasteiger partial charge < -0.3 is 11.1 Å². The van der Waals surface area contributed by atoms with Gasteiger partial charge in [-0.3, -0.25) is 4.79 Å². The molecule has 3 N–H and O–H groups in total. The lowest BCUT2D eigenvalue weighted by atomic mass is 9.58. The molecule has 0 aliphatic heterocycles. The van der Waals surface area contributed by atoms with Gasteiger partial charge in [-0.05, 0) is 24.3 Å². The number of nitrogens with two attached hydrogens (primary N) is 1. The smallest absolute Gasteiger partial charge is 0.256 e. The van der Waals surface area contributed by atoms with Gasteiger partial charge in [0.25, 0.3) is 5.91 Å². The van der Waals surface area contributed by atoms with Crippen LogP contribution in [0.2, 0.25) is 0 Å². The monoisotopic (exact) mass is 278 g/mol. The summed E-state index contributed by atoms with van der Waals surface area (Å²) in [6.45, 7) is 5.01. The Bertz CT molecular complexity index is 615. The lowest BCUT2D eigenvalue weighted by molar-refractivity contribution is 0.0200. The van der Waals surface area contributed by atoms with E-state index in [9.17, 15) is 4.79 Å². The summed E-state index contributed by atoms with van der Waals surface area (Å²) in [5, 5.41) is 9.21. The first-order chi connectivity index (χ1) is 9.04. The fourth-order valence-corrected chi connectivity index (χ4v) is 3.57. The van der Waals surface area contributed by atoms with Gasteiger partial charge in [0, 0.05) is 17.6 Å². The Kier molecular flexibility index (Phi) is 2.87. The Labute approximate surface area is 115 Å². The Morgan fingerprint density at radius 2 is 2.47 bits per heavy atom. The first-order valence-electron chi connectivity index (χ1n) is 6.45.